The summed E-state index contributed by atoms with van der Waals surface area (Å²) in [6.07, 6.45) is 0. The summed E-state index contributed by atoms with van der Waals surface area (Å²) in [5, 5.41) is 10.3. The average Bonchev–Trinajstić information content (AvgIpc) is 2.60. The zero-order chi connectivity index (χ0) is 13.3. The number of nitrogens with one attached hydrogen (secondary N) is 2. The molecule has 5 heteroatoms. The molecule has 2 aromatic rings. The van der Waals surface area contributed by atoms with Crippen molar-refractivity contribution in [3.05, 3.63) is 45.4 Å². The first kappa shape index (κ1) is 13.1. The Morgan fingerprint density at radius 1 is 1.39 bits per heavy atom. The van der Waals surface area contributed by atoms with Crippen LogP contribution < -0.4 is 5.32 Å². The van der Waals surface area contributed by atoms with Crippen LogP contribution in [-0.2, 0) is 0 Å². The lowest BCUT2D eigenvalue weighted by Crippen LogP contribution is -2.09. The lowest BCUT2D eigenvalue weighted by molar-refractivity contribution is 0.599. The van der Waals surface area contributed by atoms with Crippen molar-refractivity contribution in [1.29, 1.82) is 0 Å². The minimum absolute atomic E-state index is 0.118. The number of hydrogen-bond acceptors (Lipinski definition) is 2. The maximum atomic E-state index is 13.8. The Balaban J connectivity index is 2.24. The maximum Gasteiger partial charge on any atom is 0.129 e. The first-order valence-electron chi connectivity index (χ1n) is 5.72. The van der Waals surface area contributed by atoms with Gasteiger partial charge < -0.3 is 5.32 Å². The summed E-state index contributed by atoms with van der Waals surface area (Å²) in [5.74, 6) is -0.219. The molecule has 2 N–H and O–H groups in total. The molecule has 1 heterocycles. The quantitative estimate of drug-likeness (QED) is 0.896. The molecule has 3 nitrogen and oxygen atoms in total. The molecule has 0 aliphatic rings. The normalized spacial score (nSPS) is 12.5. The van der Waals surface area contributed by atoms with E-state index in [0.717, 1.165) is 21.5 Å². The van der Waals surface area contributed by atoms with E-state index in [1.165, 1.54) is 6.07 Å². The Kier molecular flexibility index (Phi) is 3.71. The Morgan fingerprint density at radius 3 is 2.67 bits per heavy atom. The molecular formula is C13H15BrFN3. The van der Waals surface area contributed by atoms with Gasteiger partial charge in [-0.2, -0.15) is 5.10 Å². The van der Waals surface area contributed by atoms with Gasteiger partial charge in [-0.25, -0.2) is 4.39 Å². The Labute approximate surface area is 114 Å². The zero-order valence-electron chi connectivity index (χ0n) is 10.5. The van der Waals surface area contributed by atoms with Crippen molar-refractivity contribution in [1.82, 2.24) is 10.2 Å². The average molecular weight is 312 g/mol. The summed E-state index contributed by atoms with van der Waals surface area (Å²) in [4.78, 5) is 0. The van der Waals surface area contributed by atoms with Crippen LogP contribution in [0, 0.1) is 19.7 Å². The van der Waals surface area contributed by atoms with E-state index in [-0.39, 0.29) is 11.9 Å². The zero-order valence-corrected chi connectivity index (χ0v) is 12.1. The van der Waals surface area contributed by atoms with Crippen molar-refractivity contribution in [2.45, 2.75) is 26.8 Å². The second kappa shape index (κ2) is 5.10. The van der Waals surface area contributed by atoms with Crippen LogP contribution in [0.5, 0.6) is 0 Å². The minimum atomic E-state index is -0.219. The van der Waals surface area contributed by atoms with Crippen molar-refractivity contribution in [2.24, 2.45) is 0 Å². The van der Waals surface area contributed by atoms with Gasteiger partial charge in [0.15, 0.2) is 0 Å². The molecular weight excluding hydrogens is 297 g/mol. The van der Waals surface area contributed by atoms with Crippen molar-refractivity contribution < 1.29 is 4.39 Å². The fourth-order valence-corrected chi connectivity index (χ4v) is 2.24. The van der Waals surface area contributed by atoms with Gasteiger partial charge >= 0.3 is 0 Å². The number of nitrogens with zero attached hydrogens (tertiary/aromatic N) is 1. The standard InChI is InChI=1S/C13H15BrFN3/c1-7(11-5-4-10(14)6-12(11)15)16-13-8(2)17-18-9(13)3/h4-7,16H,1-3H3,(H,17,18). The molecule has 18 heavy (non-hydrogen) atoms. The van der Waals surface area contributed by atoms with Gasteiger partial charge in [0, 0.05) is 10.0 Å². The molecule has 0 amide bonds. The number of hydrogen-bond donors (Lipinski definition) is 2. The van der Waals surface area contributed by atoms with Gasteiger partial charge in [-0.05, 0) is 32.9 Å². The lowest BCUT2D eigenvalue weighted by atomic mass is 10.1. The molecule has 0 fully saturated rings. The van der Waals surface area contributed by atoms with Crippen LogP contribution >= 0.6 is 15.9 Å². The molecule has 1 unspecified atom stereocenters. The first-order valence-corrected chi connectivity index (χ1v) is 6.51. The van der Waals surface area contributed by atoms with Crippen LogP contribution in [0.15, 0.2) is 22.7 Å². The maximum absolute atomic E-state index is 13.8. The second-order valence-electron chi connectivity index (χ2n) is 4.34. The molecule has 1 atom stereocenters. The van der Waals surface area contributed by atoms with E-state index in [0.29, 0.717) is 5.56 Å². The van der Waals surface area contributed by atoms with E-state index in [2.05, 4.69) is 31.4 Å². The molecule has 1 aromatic heterocycles. The van der Waals surface area contributed by atoms with Gasteiger partial charge in [-0.15, -0.1) is 0 Å². The summed E-state index contributed by atoms with van der Waals surface area (Å²) < 4.78 is 14.6. The summed E-state index contributed by atoms with van der Waals surface area (Å²) in [7, 11) is 0. The molecule has 0 saturated heterocycles. The van der Waals surface area contributed by atoms with Gasteiger partial charge in [0.2, 0.25) is 0 Å². The van der Waals surface area contributed by atoms with E-state index in [9.17, 15) is 4.39 Å². The van der Waals surface area contributed by atoms with Crippen LogP contribution in [-0.4, -0.2) is 10.2 Å². The number of rotatable bonds is 3. The number of H-pyrrole nitrogens is 1. The number of halogens is 2. The number of aromatic nitrogens is 2. The third-order valence-corrected chi connectivity index (χ3v) is 3.41. The summed E-state index contributed by atoms with van der Waals surface area (Å²) >= 11 is 3.25. The Morgan fingerprint density at radius 2 is 2.11 bits per heavy atom. The third kappa shape index (κ3) is 2.56. The smallest absolute Gasteiger partial charge is 0.129 e. The van der Waals surface area contributed by atoms with Crippen LogP contribution in [0.2, 0.25) is 0 Å². The van der Waals surface area contributed by atoms with Crippen LogP contribution in [0.3, 0.4) is 0 Å². The first-order chi connectivity index (χ1) is 8.49. The Hall–Kier alpha value is -1.36. The number of aromatic amines is 1. The van der Waals surface area contributed by atoms with E-state index in [1.807, 2.05) is 26.8 Å². The number of aryl methyl sites for hydroxylation is 2. The van der Waals surface area contributed by atoms with E-state index in [4.69, 9.17) is 0 Å². The highest BCUT2D eigenvalue weighted by molar-refractivity contribution is 9.10. The summed E-state index contributed by atoms with van der Waals surface area (Å²) in [5.41, 5.74) is 3.41. The number of anilines is 1. The Bertz CT molecular complexity index is 546. The largest absolute Gasteiger partial charge is 0.375 e. The highest BCUT2D eigenvalue weighted by atomic mass is 79.9. The molecule has 0 radical (unpaired) electrons. The van der Waals surface area contributed by atoms with Gasteiger partial charge in [0.25, 0.3) is 0 Å². The molecule has 0 aliphatic carbocycles. The van der Waals surface area contributed by atoms with Gasteiger partial charge in [-0.1, -0.05) is 22.0 Å². The molecule has 0 spiro atoms. The van der Waals surface area contributed by atoms with E-state index < -0.39 is 0 Å². The van der Waals surface area contributed by atoms with Crippen molar-refractivity contribution in [3.63, 3.8) is 0 Å². The second-order valence-corrected chi connectivity index (χ2v) is 5.26. The molecule has 0 saturated carbocycles. The van der Waals surface area contributed by atoms with E-state index in [1.54, 1.807) is 6.07 Å². The topological polar surface area (TPSA) is 40.7 Å². The van der Waals surface area contributed by atoms with Crippen LogP contribution in [0.4, 0.5) is 10.1 Å². The number of benzene rings is 1. The van der Waals surface area contributed by atoms with Crippen LogP contribution in [0.25, 0.3) is 0 Å². The van der Waals surface area contributed by atoms with Crippen molar-refractivity contribution >= 4 is 21.6 Å². The summed E-state index contributed by atoms with van der Waals surface area (Å²) in [6.45, 7) is 5.78. The SMILES string of the molecule is Cc1n[nH]c(C)c1NC(C)c1ccc(Br)cc1F. The fourth-order valence-electron chi connectivity index (χ4n) is 1.91. The van der Waals surface area contributed by atoms with Crippen molar-refractivity contribution in [2.75, 3.05) is 5.32 Å². The molecule has 0 bridgehead atoms. The molecule has 2 rings (SSSR count). The fraction of sp³-hybridized carbons (Fsp3) is 0.308. The highest BCUT2D eigenvalue weighted by Gasteiger charge is 2.14. The third-order valence-electron chi connectivity index (χ3n) is 2.92. The minimum Gasteiger partial charge on any atom is -0.375 e. The summed E-state index contributed by atoms with van der Waals surface area (Å²) in [6, 6.07) is 4.98. The van der Waals surface area contributed by atoms with Gasteiger partial charge in [0.05, 0.1) is 23.1 Å². The monoisotopic (exact) mass is 311 g/mol. The highest BCUT2D eigenvalue weighted by Crippen LogP contribution is 2.26. The van der Waals surface area contributed by atoms with E-state index >= 15 is 0 Å². The predicted molar refractivity (Wildman–Crippen MR) is 74.2 cm³/mol. The van der Waals surface area contributed by atoms with Gasteiger partial charge in [0.1, 0.15) is 5.82 Å². The lowest BCUT2D eigenvalue weighted by Gasteiger charge is -2.16. The molecule has 96 valence electrons. The predicted octanol–water partition coefficient (Wildman–Crippen LogP) is 4.10. The van der Waals surface area contributed by atoms with Crippen molar-refractivity contribution in [3.8, 4) is 0 Å². The van der Waals surface area contributed by atoms with Gasteiger partial charge in [-0.3, -0.25) is 5.10 Å². The van der Waals surface area contributed by atoms with Crippen LogP contribution in [0.1, 0.15) is 29.9 Å². The molecule has 0 aliphatic heterocycles. The molecule has 1 aromatic carbocycles.